The second-order valence-electron chi connectivity index (χ2n) is 23.0. The Labute approximate surface area is 508 Å². The Kier molecular flexibility index (Phi) is 66.2. The molecule has 0 amide bonds. The maximum absolute atomic E-state index is 12.9. The van der Waals surface area contributed by atoms with Crippen molar-refractivity contribution < 1.29 is 28.6 Å². The summed E-state index contributed by atoms with van der Waals surface area (Å²) in [6.07, 6.45) is 95.5. The van der Waals surface area contributed by atoms with Crippen LogP contribution in [0.15, 0.2) is 109 Å². The smallest absolute Gasteiger partial charge is 0.306 e. The molecule has 0 aliphatic heterocycles. The highest BCUT2D eigenvalue weighted by molar-refractivity contribution is 5.71. The quantitative estimate of drug-likeness (QED) is 0.0261. The zero-order valence-electron chi connectivity index (χ0n) is 54.0. The molecule has 0 saturated heterocycles. The van der Waals surface area contributed by atoms with E-state index < -0.39 is 6.10 Å². The number of allylic oxidation sites excluding steroid dienone is 18. The summed E-state index contributed by atoms with van der Waals surface area (Å²) in [5.41, 5.74) is 0. The molecule has 0 heterocycles. The molecule has 82 heavy (non-hydrogen) atoms. The topological polar surface area (TPSA) is 78.9 Å². The average Bonchev–Trinajstić information content (AvgIpc) is 3.47. The van der Waals surface area contributed by atoms with E-state index >= 15 is 0 Å². The van der Waals surface area contributed by atoms with Crippen LogP contribution in [0.25, 0.3) is 0 Å². The Morgan fingerprint density at radius 1 is 0.256 bits per heavy atom. The summed E-state index contributed by atoms with van der Waals surface area (Å²) >= 11 is 0. The molecular formula is C76H130O6. The highest BCUT2D eigenvalue weighted by atomic mass is 16.6. The summed E-state index contributed by atoms with van der Waals surface area (Å²) in [5, 5.41) is 0. The maximum Gasteiger partial charge on any atom is 0.306 e. The third-order valence-corrected chi connectivity index (χ3v) is 15.0. The summed E-state index contributed by atoms with van der Waals surface area (Å²) in [6.45, 7) is 6.41. The minimum atomic E-state index is -0.793. The molecule has 1 atom stereocenters. The number of esters is 3. The lowest BCUT2D eigenvalue weighted by atomic mass is 10.0. The normalized spacial score (nSPS) is 12.8. The molecule has 0 aliphatic rings. The molecule has 6 heteroatoms. The SMILES string of the molecule is CC/C=C\C/C=C\C/C=C\C/C=C\C/C=C\CCCCCCCCCCCCCCCCCCCC(=O)OCC(COC(=O)CCCCC/C=C\C/C=C\C/C=C\CC)OC(=O)CCCCCCCCC/C=C\CCCCCCCCC. The first-order chi connectivity index (χ1) is 40.5. The van der Waals surface area contributed by atoms with E-state index in [1.807, 2.05) is 0 Å². The van der Waals surface area contributed by atoms with E-state index in [-0.39, 0.29) is 31.1 Å². The van der Waals surface area contributed by atoms with Gasteiger partial charge < -0.3 is 14.2 Å². The van der Waals surface area contributed by atoms with Gasteiger partial charge in [-0.05, 0) is 122 Å². The van der Waals surface area contributed by atoms with Crippen molar-refractivity contribution in [2.75, 3.05) is 13.2 Å². The molecule has 0 radical (unpaired) electrons. The van der Waals surface area contributed by atoms with Gasteiger partial charge in [-0.2, -0.15) is 0 Å². The first kappa shape index (κ1) is 78.1. The fourth-order valence-electron chi connectivity index (χ4n) is 9.83. The molecule has 0 aromatic rings. The summed E-state index contributed by atoms with van der Waals surface area (Å²) in [4.78, 5) is 38.4. The predicted molar refractivity (Wildman–Crippen MR) is 357 cm³/mol. The van der Waals surface area contributed by atoms with E-state index in [4.69, 9.17) is 14.2 Å². The molecule has 0 fully saturated rings. The van der Waals surface area contributed by atoms with Gasteiger partial charge in [0.1, 0.15) is 13.2 Å². The van der Waals surface area contributed by atoms with Crippen LogP contribution in [0.5, 0.6) is 0 Å². The molecule has 0 aromatic carbocycles. The standard InChI is InChI=1S/C76H130O6/c1-4-7-10-13-16-19-22-25-27-29-31-32-33-34-35-36-37-38-39-40-41-42-43-44-45-47-48-51-54-57-60-63-66-69-75(78)81-72-73(71-80-74(77)68-65-62-59-56-53-50-24-21-18-15-12-9-6-3)82-76(79)70-67-64-61-58-55-52-49-46-30-28-26-23-20-17-14-11-8-5-2/h7,9-10,12,16,18-19,21,25,27-28,30-32,34-35,50,53,73H,4-6,8,11,13-15,17,20,22-24,26,29,33,36-49,51-52,54-72H2,1-3H3/b10-7-,12-9-,19-16-,21-18-,27-25-,30-28-,32-31-,35-34-,53-50-. The Morgan fingerprint density at radius 2 is 0.476 bits per heavy atom. The molecule has 470 valence electrons. The second kappa shape index (κ2) is 69.6. The first-order valence-corrected chi connectivity index (χ1v) is 34.9. The van der Waals surface area contributed by atoms with E-state index in [0.29, 0.717) is 19.3 Å². The van der Waals surface area contributed by atoms with E-state index in [1.54, 1.807) is 0 Å². The minimum Gasteiger partial charge on any atom is -0.462 e. The van der Waals surface area contributed by atoms with Crippen LogP contribution in [0, 0.1) is 0 Å². The van der Waals surface area contributed by atoms with Crippen molar-refractivity contribution >= 4 is 17.9 Å². The molecule has 0 aliphatic carbocycles. The van der Waals surface area contributed by atoms with Crippen LogP contribution in [-0.4, -0.2) is 37.2 Å². The Bertz CT molecular complexity index is 1640. The highest BCUT2D eigenvalue weighted by Crippen LogP contribution is 2.17. The van der Waals surface area contributed by atoms with Gasteiger partial charge in [-0.15, -0.1) is 0 Å². The van der Waals surface area contributed by atoms with Gasteiger partial charge >= 0.3 is 17.9 Å². The van der Waals surface area contributed by atoms with E-state index in [1.165, 1.54) is 180 Å². The summed E-state index contributed by atoms with van der Waals surface area (Å²) in [6, 6.07) is 0. The fraction of sp³-hybridized carbons (Fsp3) is 0.724. The van der Waals surface area contributed by atoms with E-state index in [0.717, 1.165) is 116 Å². The maximum atomic E-state index is 12.9. The number of carbonyl (C=O) groups excluding carboxylic acids is 3. The van der Waals surface area contributed by atoms with Crippen molar-refractivity contribution in [2.45, 2.75) is 341 Å². The van der Waals surface area contributed by atoms with Gasteiger partial charge in [-0.25, -0.2) is 0 Å². The van der Waals surface area contributed by atoms with Gasteiger partial charge in [0.15, 0.2) is 6.10 Å². The van der Waals surface area contributed by atoms with Crippen molar-refractivity contribution in [2.24, 2.45) is 0 Å². The Morgan fingerprint density at radius 3 is 0.768 bits per heavy atom. The minimum absolute atomic E-state index is 0.0867. The van der Waals surface area contributed by atoms with E-state index in [9.17, 15) is 14.4 Å². The number of ether oxygens (including phenoxy) is 3. The number of hydrogen-bond acceptors (Lipinski definition) is 6. The molecule has 0 bridgehead atoms. The lowest BCUT2D eigenvalue weighted by Gasteiger charge is -2.18. The third kappa shape index (κ3) is 66.9. The Balaban J connectivity index is 4.20. The molecule has 0 spiro atoms. The van der Waals surface area contributed by atoms with Crippen molar-refractivity contribution in [1.29, 1.82) is 0 Å². The number of carbonyl (C=O) groups is 3. The fourth-order valence-corrected chi connectivity index (χ4v) is 9.83. The monoisotopic (exact) mass is 1140 g/mol. The zero-order valence-corrected chi connectivity index (χ0v) is 54.0. The molecule has 0 aromatic heterocycles. The van der Waals surface area contributed by atoms with Crippen LogP contribution in [0.4, 0.5) is 0 Å². The lowest BCUT2D eigenvalue weighted by molar-refractivity contribution is -0.167. The molecule has 1 unspecified atom stereocenters. The van der Waals surface area contributed by atoms with Crippen LogP contribution in [0.2, 0.25) is 0 Å². The van der Waals surface area contributed by atoms with Crippen molar-refractivity contribution in [3.63, 3.8) is 0 Å². The van der Waals surface area contributed by atoms with E-state index in [2.05, 4.69) is 130 Å². The van der Waals surface area contributed by atoms with Gasteiger partial charge in [0.05, 0.1) is 0 Å². The Hall–Kier alpha value is -3.93. The van der Waals surface area contributed by atoms with Crippen molar-refractivity contribution in [1.82, 2.24) is 0 Å². The largest absolute Gasteiger partial charge is 0.462 e. The van der Waals surface area contributed by atoms with Gasteiger partial charge in [0, 0.05) is 19.3 Å². The summed E-state index contributed by atoms with van der Waals surface area (Å²) in [5.74, 6) is -0.909. The van der Waals surface area contributed by atoms with Gasteiger partial charge in [-0.3, -0.25) is 14.4 Å². The second-order valence-corrected chi connectivity index (χ2v) is 23.0. The average molecular weight is 1140 g/mol. The number of rotatable bonds is 63. The van der Waals surface area contributed by atoms with Crippen molar-refractivity contribution in [3.05, 3.63) is 109 Å². The summed E-state index contributed by atoms with van der Waals surface area (Å²) < 4.78 is 16.9. The van der Waals surface area contributed by atoms with Crippen LogP contribution < -0.4 is 0 Å². The van der Waals surface area contributed by atoms with Gasteiger partial charge in [0.2, 0.25) is 0 Å². The highest BCUT2D eigenvalue weighted by Gasteiger charge is 2.19. The third-order valence-electron chi connectivity index (χ3n) is 15.0. The zero-order chi connectivity index (χ0) is 59.2. The van der Waals surface area contributed by atoms with Crippen LogP contribution in [0.1, 0.15) is 335 Å². The molecular weight excluding hydrogens is 1010 g/mol. The van der Waals surface area contributed by atoms with Gasteiger partial charge in [0.25, 0.3) is 0 Å². The number of hydrogen-bond donors (Lipinski definition) is 0. The van der Waals surface area contributed by atoms with Crippen molar-refractivity contribution in [3.8, 4) is 0 Å². The molecule has 0 saturated carbocycles. The number of unbranched alkanes of at least 4 members (excludes halogenated alkanes) is 34. The molecule has 6 nitrogen and oxygen atoms in total. The van der Waals surface area contributed by atoms with Crippen LogP contribution in [0.3, 0.4) is 0 Å². The molecule has 0 N–H and O–H groups in total. The predicted octanol–water partition coefficient (Wildman–Crippen LogP) is 24.2. The summed E-state index contributed by atoms with van der Waals surface area (Å²) in [7, 11) is 0. The molecule has 0 rings (SSSR count). The van der Waals surface area contributed by atoms with Gasteiger partial charge in [-0.1, -0.05) is 304 Å². The first-order valence-electron chi connectivity index (χ1n) is 34.9. The van der Waals surface area contributed by atoms with Crippen LogP contribution >= 0.6 is 0 Å². The lowest BCUT2D eigenvalue weighted by Crippen LogP contribution is -2.30. The van der Waals surface area contributed by atoms with Crippen LogP contribution in [-0.2, 0) is 28.6 Å².